The van der Waals surface area contributed by atoms with Crippen LogP contribution in [0.1, 0.15) is 6.42 Å². The summed E-state index contributed by atoms with van der Waals surface area (Å²) in [7, 11) is 0. The SMILES string of the molecule is Nc1ccc(Cl)cc1NC(=O)CCN(CCO)CCO. The Morgan fingerprint density at radius 2 is 1.90 bits per heavy atom. The van der Waals surface area contributed by atoms with E-state index >= 15 is 0 Å². The highest BCUT2D eigenvalue weighted by molar-refractivity contribution is 6.31. The van der Waals surface area contributed by atoms with E-state index in [9.17, 15) is 4.79 Å². The third kappa shape index (κ3) is 5.75. The highest BCUT2D eigenvalue weighted by Crippen LogP contribution is 2.22. The van der Waals surface area contributed by atoms with Crippen molar-refractivity contribution in [3.05, 3.63) is 23.2 Å². The largest absolute Gasteiger partial charge is 0.397 e. The second kappa shape index (κ2) is 8.76. The van der Waals surface area contributed by atoms with Crippen molar-refractivity contribution in [3.8, 4) is 0 Å². The van der Waals surface area contributed by atoms with E-state index in [4.69, 9.17) is 27.5 Å². The first-order valence-electron chi connectivity index (χ1n) is 6.35. The van der Waals surface area contributed by atoms with Crippen LogP contribution in [0.5, 0.6) is 0 Å². The Morgan fingerprint density at radius 1 is 1.25 bits per heavy atom. The van der Waals surface area contributed by atoms with E-state index in [-0.39, 0.29) is 25.5 Å². The number of rotatable bonds is 8. The maximum atomic E-state index is 11.8. The Kier molecular flexibility index (Phi) is 7.32. The zero-order valence-corrected chi connectivity index (χ0v) is 11.9. The van der Waals surface area contributed by atoms with E-state index < -0.39 is 0 Å². The van der Waals surface area contributed by atoms with Crippen LogP contribution >= 0.6 is 11.6 Å². The monoisotopic (exact) mass is 301 g/mol. The normalized spacial score (nSPS) is 10.8. The van der Waals surface area contributed by atoms with Gasteiger partial charge >= 0.3 is 0 Å². The highest BCUT2D eigenvalue weighted by Gasteiger charge is 2.09. The number of amides is 1. The van der Waals surface area contributed by atoms with Crippen LogP contribution in [0.3, 0.4) is 0 Å². The molecule has 0 atom stereocenters. The standard InChI is InChI=1S/C13H20ClN3O3/c14-10-1-2-11(15)12(9-10)16-13(20)3-4-17(5-7-18)6-8-19/h1-2,9,18-19H,3-8,15H2,(H,16,20). The molecule has 0 saturated carbocycles. The minimum absolute atomic E-state index is 0.0111. The zero-order chi connectivity index (χ0) is 15.0. The molecule has 1 amide bonds. The average Bonchev–Trinajstić information content (AvgIpc) is 2.41. The van der Waals surface area contributed by atoms with E-state index in [0.29, 0.717) is 36.0 Å². The molecule has 1 rings (SSSR count). The fourth-order valence-corrected chi connectivity index (χ4v) is 1.90. The van der Waals surface area contributed by atoms with Gasteiger partial charge in [0.15, 0.2) is 0 Å². The number of nitrogens with zero attached hydrogens (tertiary/aromatic N) is 1. The molecule has 0 spiro atoms. The summed E-state index contributed by atoms with van der Waals surface area (Å²) in [6, 6.07) is 4.87. The summed E-state index contributed by atoms with van der Waals surface area (Å²) in [6.07, 6.45) is 0.242. The molecule has 0 aromatic heterocycles. The van der Waals surface area contributed by atoms with Crippen molar-refractivity contribution in [2.75, 3.05) is 43.9 Å². The van der Waals surface area contributed by atoms with E-state index in [0.717, 1.165) is 0 Å². The number of benzene rings is 1. The minimum atomic E-state index is -0.195. The Balaban J connectivity index is 2.48. The average molecular weight is 302 g/mol. The molecule has 0 aliphatic carbocycles. The Bertz CT molecular complexity index is 437. The number of halogens is 1. The second-order valence-electron chi connectivity index (χ2n) is 4.32. The summed E-state index contributed by atoms with van der Waals surface area (Å²) < 4.78 is 0. The number of aliphatic hydroxyl groups excluding tert-OH is 2. The molecule has 0 radical (unpaired) electrons. The molecule has 0 heterocycles. The summed E-state index contributed by atoms with van der Waals surface area (Å²) in [5, 5.41) is 20.9. The van der Waals surface area contributed by atoms with Gasteiger partial charge in [-0.15, -0.1) is 0 Å². The number of anilines is 2. The van der Waals surface area contributed by atoms with Gasteiger partial charge in [0, 0.05) is 31.1 Å². The van der Waals surface area contributed by atoms with Crippen LogP contribution in [0.4, 0.5) is 11.4 Å². The van der Waals surface area contributed by atoms with Gasteiger partial charge in [-0.3, -0.25) is 9.69 Å². The molecule has 0 aliphatic heterocycles. The van der Waals surface area contributed by atoms with E-state index in [2.05, 4.69) is 5.32 Å². The predicted molar refractivity (Wildman–Crippen MR) is 79.7 cm³/mol. The number of hydrogen-bond acceptors (Lipinski definition) is 5. The minimum Gasteiger partial charge on any atom is -0.397 e. The Labute approximate surface area is 123 Å². The zero-order valence-electron chi connectivity index (χ0n) is 11.2. The predicted octanol–water partition coefficient (Wildman–Crippen LogP) is 0.537. The molecule has 0 bridgehead atoms. The molecule has 0 aliphatic rings. The third-order valence-electron chi connectivity index (χ3n) is 2.78. The summed E-state index contributed by atoms with van der Waals surface area (Å²) in [6.45, 7) is 1.28. The van der Waals surface area contributed by atoms with E-state index in [1.165, 1.54) is 0 Å². The maximum Gasteiger partial charge on any atom is 0.225 e. The van der Waals surface area contributed by atoms with Crippen LogP contribution in [0.2, 0.25) is 5.02 Å². The molecule has 112 valence electrons. The molecule has 0 unspecified atom stereocenters. The van der Waals surface area contributed by atoms with Crippen LogP contribution in [-0.4, -0.2) is 53.9 Å². The number of nitrogens with one attached hydrogen (secondary N) is 1. The second-order valence-corrected chi connectivity index (χ2v) is 4.76. The lowest BCUT2D eigenvalue weighted by Crippen LogP contribution is -2.32. The van der Waals surface area contributed by atoms with Crippen LogP contribution in [-0.2, 0) is 4.79 Å². The Morgan fingerprint density at radius 3 is 2.50 bits per heavy atom. The third-order valence-corrected chi connectivity index (χ3v) is 3.01. The van der Waals surface area contributed by atoms with Gasteiger partial charge in [0.25, 0.3) is 0 Å². The first-order valence-corrected chi connectivity index (χ1v) is 6.73. The molecular formula is C13H20ClN3O3. The van der Waals surface area contributed by atoms with Crippen molar-refractivity contribution in [1.82, 2.24) is 4.90 Å². The van der Waals surface area contributed by atoms with Gasteiger partial charge in [0.05, 0.1) is 24.6 Å². The van der Waals surface area contributed by atoms with Crippen molar-refractivity contribution in [3.63, 3.8) is 0 Å². The van der Waals surface area contributed by atoms with Gasteiger partial charge in [0.1, 0.15) is 0 Å². The van der Waals surface area contributed by atoms with E-state index in [1.54, 1.807) is 23.1 Å². The molecule has 6 nitrogen and oxygen atoms in total. The topological polar surface area (TPSA) is 98.8 Å². The summed E-state index contributed by atoms with van der Waals surface area (Å²) in [5.74, 6) is -0.195. The molecule has 7 heteroatoms. The molecule has 1 aromatic carbocycles. The number of nitrogens with two attached hydrogens (primary N) is 1. The van der Waals surface area contributed by atoms with Crippen molar-refractivity contribution < 1.29 is 15.0 Å². The number of nitrogen functional groups attached to an aromatic ring is 1. The Hall–Kier alpha value is -1.34. The number of hydrogen-bond donors (Lipinski definition) is 4. The van der Waals surface area contributed by atoms with Crippen LogP contribution in [0.15, 0.2) is 18.2 Å². The lowest BCUT2D eigenvalue weighted by molar-refractivity contribution is -0.116. The fraction of sp³-hybridized carbons (Fsp3) is 0.462. The van der Waals surface area contributed by atoms with Crippen LogP contribution < -0.4 is 11.1 Å². The van der Waals surface area contributed by atoms with Gasteiger partial charge < -0.3 is 21.3 Å². The molecule has 0 fully saturated rings. The van der Waals surface area contributed by atoms with Crippen molar-refractivity contribution in [2.24, 2.45) is 0 Å². The van der Waals surface area contributed by atoms with Gasteiger partial charge in [-0.1, -0.05) is 11.6 Å². The molecule has 5 N–H and O–H groups in total. The van der Waals surface area contributed by atoms with Crippen LogP contribution in [0.25, 0.3) is 0 Å². The molecule has 20 heavy (non-hydrogen) atoms. The van der Waals surface area contributed by atoms with Crippen LogP contribution in [0, 0.1) is 0 Å². The number of aliphatic hydroxyl groups is 2. The summed E-state index contributed by atoms with van der Waals surface area (Å²) in [4.78, 5) is 13.6. The molecule has 1 aromatic rings. The van der Waals surface area contributed by atoms with Gasteiger partial charge in [-0.05, 0) is 18.2 Å². The highest BCUT2D eigenvalue weighted by atomic mass is 35.5. The van der Waals surface area contributed by atoms with Gasteiger partial charge in [-0.2, -0.15) is 0 Å². The van der Waals surface area contributed by atoms with E-state index in [1.807, 2.05) is 0 Å². The number of carbonyl (C=O) groups excluding carboxylic acids is 1. The lowest BCUT2D eigenvalue weighted by Gasteiger charge is -2.19. The van der Waals surface area contributed by atoms with Gasteiger partial charge in [0.2, 0.25) is 5.91 Å². The summed E-state index contributed by atoms with van der Waals surface area (Å²) in [5.41, 5.74) is 6.67. The molecule has 0 saturated heterocycles. The van der Waals surface area contributed by atoms with Gasteiger partial charge in [-0.25, -0.2) is 0 Å². The van der Waals surface area contributed by atoms with Crippen molar-refractivity contribution in [2.45, 2.75) is 6.42 Å². The lowest BCUT2D eigenvalue weighted by atomic mass is 10.2. The van der Waals surface area contributed by atoms with Crippen molar-refractivity contribution >= 4 is 28.9 Å². The smallest absolute Gasteiger partial charge is 0.225 e. The maximum absolute atomic E-state index is 11.8. The first-order chi connectivity index (χ1) is 9.56. The quantitative estimate of drug-likeness (QED) is 0.525. The first kappa shape index (κ1) is 16.7. The fourth-order valence-electron chi connectivity index (χ4n) is 1.73. The number of carbonyl (C=O) groups is 1. The van der Waals surface area contributed by atoms with Crippen molar-refractivity contribution in [1.29, 1.82) is 0 Å². The summed E-state index contributed by atoms with van der Waals surface area (Å²) >= 11 is 5.84. The molecular weight excluding hydrogens is 282 g/mol.